The summed E-state index contributed by atoms with van der Waals surface area (Å²) in [7, 11) is -5.75. The van der Waals surface area contributed by atoms with Gasteiger partial charge in [0.1, 0.15) is 12.1 Å². The van der Waals surface area contributed by atoms with Crippen LogP contribution in [0.25, 0.3) is 10.1 Å². The number of nitrogens with one attached hydrogen (secondary N) is 2. The highest BCUT2D eigenvalue weighted by molar-refractivity contribution is 7.52. The number of halogens is 2. The van der Waals surface area contributed by atoms with E-state index < -0.39 is 42.2 Å². The molecule has 224 valence electrons. The van der Waals surface area contributed by atoms with Crippen molar-refractivity contribution in [2.75, 3.05) is 26.2 Å². The summed E-state index contributed by atoms with van der Waals surface area (Å²) in [4.78, 5) is 62.4. The van der Waals surface area contributed by atoms with Gasteiger partial charge in [-0.2, -0.15) is 8.78 Å². The molecule has 10 nitrogen and oxygen atoms in total. The number of likely N-dealkylation sites (tertiary alicyclic amines) is 2. The molecule has 3 aliphatic heterocycles. The highest BCUT2D eigenvalue weighted by atomic mass is 32.1. The molecule has 0 aliphatic carbocycles. The maximum atomic E-state index is 14.2. The molecular formula is C27H35F2N4O6PS. The van der Waals surface area contributed by atoms with E-state index in [9.17, 15) is 27.7 Å². The number of nitrogens with zero attached hydrogens (tertiary/aromatic N) is 2. The molecule has 1 aromatic heterocycles. The summed E-state index contributed by atoms with van der Waals surface area (Å²) in [6.45, 7) is 8.14. The zero-order chi connectivity index (χ0) is 29.9. The summed E-state index contributed by atoms with van der Waals surface area (Å²) in [5.41, 5.74) is -5.93. The highest BCUT2D eigenvalue weighted by Gasteiger charge is 2.50. The summed E-state index contributed by atoms with van der Waals surface area (Å²) < 4.78 is 40.2. The largest absolute Gasteiger partial charge is 0.399 e. The molecule has 14 heteroatoms. The minimum Gasteiger partial charge on any atom is -0.339 e. The molecule has 3 fully saturated rings. The first-order chi connectivity index (χ1) is 19.1. The Labute approximate surface area is 240 Å². The SMILES string of the molecule is CC(C)(C)[C@H](NC(=O)c1cc2cc(C(F)(F)P(=O)(O)O)ccc2s1)C(=O)N1CCC[C@H]1C(=O)N1C[C@H]2CCN[C@H]2C1. The number of hydrogen-bond donors (Lipinski definition) is 4. The van der Waals surface area contributed by atoms with Gasteiger partial charge in [-0.1, -0.05) is 26.8 Å². The van der Waals surface area contributed by atoms with E-state index in [1.807, 2.05) is 25.7 Å². The Bertz CT molecular complexity index is 1410. The molecule has 1 aromatic carbocycles. The predicted octanol–water partition coefficient (Wildman–Crippen LogP) is 3.08. The fraction of sp³-hybridized carbons (Fsp3) is 0.593. The third-order valence-electron chi connectivity index (χ3n) is 8.34. The molecule has 3 amide bonds. The van der Waals surface area contributed by atoms with Crippen LogP contribution in [0.3, 0.4) is 0 Å². The topological polar surface area (TPSA) is 139 Å². The fourth-order valence-electron chi connectivity index (χ4n) is 6.05. The third-order valence-corrected chi connectivity index (χ3v) is 10.4. The summed E-state index contributed by atoms with van der Waals surface area (Å²) in [5.74, 6) is -0.544. The molecule has 5 rings (SSSR count). The lowest BCUT2D eigenvalue weighted by molar-refractivity contribution is -0.145. The van der Waals surface area contributed by atoms with Crippen LogP contribution in [0.5, 0.6) is 0 Å². The number of thiophene rings is 1. The van der Waals surface area contributed by atoms with Crippen molar-refractivity contribution in [2.24, 2.45) is 11.3 Å². The number of carbonyl (C=O) groups is 3. The lowest BCUT2D eigenvalue weighted by Crippen LogP contribution is -2.58. The van der Waals surface area contributed by atoms with Crippen molar-refractivity contribution in [1.29, 1.82) is 0 Å². The van der Waals surface area contributed by atoms with Crippen molar-refractivity contribution < 1.29 is 37.5 Å². The maximum absolute atomic E-state index is 14.2. The molecule has 0 radical (unpaired) electrons. The molecule has 0 bridgehead atoms. The van der Waals surface area contributed by atoms with Crippen LogP contribution in [-0.2, 0) is 19.8 Å². The molecule has 0 spiro atoms. The molecule has 4 atom stereocenters. The van der Waals surface area contributed by atoms with Gasteiger partial charge in [0.2, 0.25) is 11.8 Å². The first-order valence-electron chi connectivity index (χ1n) is 13.7. The fourth-order valence-corrected chi connectivity index (χ4v) is 7.48. The van der Waals surface area contributed by atoms with Gasteiger partial charge >= 0.3 is 13.3 Å². The lowest BCUT2D eigenvalue weighted by Gasteiger charge is -2.36. The van der Waals surface area contributed by atoms with Crippen molar-refractivity contribution in [3.05, 3.63) is 34.7 Å². The molecule has 41 heavy (non-hydrogen) atoms. The van der Waals surface area contributed by atoms with Crippen molar-refractivity contribution >= 4 is 46.7 Å². The molecular weight excluding hydrogens is 577 g/mol. The number of rotatable bonds is 6. The van der Waals surface area contributed by atoms with Crippen LogP contribution >= 0.6 is 18.9 Å². The van der Waals surface area contributed by atoms with Gasteiger partial charge in [-0.05, 0) is 60.7 Å². The molecule has 0 unspecified atom stereocenters. The van der Waals surface area contributed by atoms with Crippen LogP contribution in [0.4, 0.5) is 8.78 Å². The standard InChI is InChI=1S/C27H35F2N4O6PS/c1-26(2,3)22(25(36)33-10-4-5-19(33)24(35)32-13-15-8-9-30-18(15)14-32)31-23(34)21-12-16-11-17(6-7-20(16)41-21)27(28,29)40(37,38)39/h6-7,11-12,15,18-19,22,30H,4-5,8-10,13-14H2,1-3H3,(H,31,34)(H2,37,38,39)/t15-,18+,19+,22-/m1/s1. The first kappa shape index (κ1) is 30.0. The predicted molar refractivity (Wildman–Crippen MR) is 150 cm³/mol. The van der Waals surface area contributed by atoms with Gasteiger partial charge < -0.3 is 30.2 Å². The smallest absolute Gasteiger partial charge is 0.339 e. The Kier molecular flexibility index (Phi) is 7.82. The zero-order valence-corrected chi connectivity index (χ0v) is 24.8. The zero-order valence-electron chi connectivity index (χ0n) is 23.1. The van der Waals surface area contributed by atoms with Gasteiger partial charge in [-0.3, -0.25) is 18.9 Å². The average molecular weight is 613 g/mol. The van der Waals surface area contributed by atoms with E-state index in [1.54, 1.807) is 4.90 Å². The Morgan fingerprint density at radius 1 is 1.15 bits per heavy atom. The van der Waals surface area contributed by atoms with E-state index in [0.717, 1.165) is 36.4 Å². The van der Waals surface area contributed by atoms with Crippen LogP contribution in [0.2, 0.25) is 0 Å². The van der Waals surface area contributed by atoms with E-state index in [1.165, 1.54) is 12.1 Å². The quantitative estimate of drug-likeness (QED) is 0.368. The Morgan fingerprint density at radius 3 is 2.54 bits per heavy atom. The van der Waals surface area contributed by atoms with Gasteiger partial charge in [0.05, 0.1) is 4.88 Å². The number of fused-ring (bicyclic) bond motifs is 2. The minimum atomic E-state index is -5.75. The molecule has 2 aromatic rings. The van der Waals surface area contributed by atoms with Crippen LogP contribution in [-0.4, -0.2) is 81.6 Å². The minimum absolute atomic E-state index is 0.0570. The number of hydrogen-bond acceptors (Lipinski definition) is 6. The second kappa shape index (κ2) is 10.7. The summed E-state index contributed by atoms with van der Waals surface area (Å²) in [6.07, 6.45) is 2.28. The van der Waals surface area contributed by atoms with Crippen LogP contribution in [0, 0.1) is 11.3 Å². The van der Waals surface area contributed by atoms with Crippen LogP contribution in [0.1, 0.15) is 55.3 Å². The Morgan fingerprint density at radius 2 is 1.88 bits per heavy atom. The average Bonchev–Trinajstić information content (AvgIpc) is 3.66. The second-order valence-corrected chi connectivity index (χ2v) is 15.0. The number of amides is 3. The van der Waals surface area contributed by atoms with E-state index in [-0.39, 0.29) is 22.1 Å². The van der Waals surface area contributed by atoms with Crippen LogP contribution < -0.4 is 10.6 Å². The van der Waals surface area contributed by atoms with Crippen LogP contribution in [0.15, 0.2) is 24.3 Å². The van der Waals surface area contributed by atoms with E-state index in [0.29, 0.717) is 49.1 Å². The molecule has 3 saturated heterocycles. The molecule has 3 aliphatic rings. The monoisotopic (exact) mass is 612 g/mol. The van der Waals surface area contributed by atoms with E-state index in [2.05, 4.69) is 10.6 Å². The van der Waals surface area contributed by atoms with Gasteiger partial charge in [-0.15, -0.1) is 11.3 Å². The van der Waals surface area contributed by atoms with Crippen molar-refractivity contribution in [3.63, 3.8) is 0 Å². The number of alkyl halides is 2. The molecule has 0 saturated carbocycles. The van der Waals surface area contributed by atoms with Crippen molar-refractivity contribution in [1.82, 2.24) is 20.4 Å². The summed E-state index contributed by atoms with van der Waals surface area (Å²) in [6, 6.07) is 3.28. The Hall–Kier alpha value is -2.44. The second-order valence-electron chi connectivity index (χ2n) is 12.3. The number of benzene rings is 1. The maximum Gasteiger partial charge on any atom is 0.399 e. The summed E-state index contributed by atoms with van der Waals surface area (Å²) >= 11 is 1.02. The van der Waals surface area contributed by atoms with Crippen molar-refractivity contribution in [2.45, 2.75) is 63.8 Å². The lowest BCUT2D eigenvalue weighted by atomic mass is 9.85. The van der Waals surface area contributed by atoms with E-state index >= 15 is 0 Å². The molecule has 4 heterocycles. The molecule has 4 N–H and O–H groups in total. The Balaban J connectivity index is 1.33. The number of carbonyl (C=O) groups excluding carboxylic acids is 3. The summed E-state index contributed by atoms with van der Waals surface area (Å²) in [5, 5.41) is 6.47. The highest BCUT2D eigenvalue weighted by Crippen LogP contribution is 2.59. The van der Waals surface area contributed by atoms with Gasteiger partial charge in [-0.25, -0.2) is 0 Å². The van der Waals surface area contributed by atoms with Gasteiger partial charge in [0.25, 0.3) is 5.91 Å². The van der Waals surface area contributed by atoms with Gasteiger partial charge in [0, 0.05) is 35.9 Å². The third kappa shape index (κ3) is 5.67. The normalized spacial score (nSPS) is 24.1. The van der Waals surface area contributed by atoms with Crippen molar-refractivity contribution in [3.8, 4) is 0 Å². The van der Waals surface area contributed by atoms with E-state index in [4.69, 9.17) is 9.79 Å². The van der Waals surface area contributed by atoms with Gasteiger partial charge in [0.15, 0.2) is 0 Å². The first-order valence-corrected chi connectivity index (χ1v) is 16.1.